The van der Waals surface area contributed by atoms with E-state index in [0.29, 0.717) is 29.2 Å². The van der Waals surface area contributed by atoms with E-state index in [0.717, 1.165) is 5.56 Å². The number of carbonyl (C=O) groups is 1. The van der Waals surface area contributed by atoms with Gasteiger partial charge in [-0.1, -0.05) is 6.07 Å². The van der Waals surface area contributed by atoms with Gasteiger partial charge in [0.15, 0.2) is 11.5 Å². The lowest BCUT2D eigenvalue weighted by atomic mass is 10.1. The van der Waals surface area contributed by atoms with E-state index >= 15 is 0 Å². The number of nitrogens with one attached hydrogen (secondary N) is 1. The van der Waals surface area contributed by atoms with Crippen molar-refractivity contribution in [1.82, 2.24) is 5.32 Å². The number of ether oxygens (including phenoxy) is 2. The molecule has 1 N–H and O–H groups in total. The number of amides is 1. The van der Waals surface area contributed by atoms with E-state index in [1.807, 2.05) is 6.07 Å². The fourth-order valence-corrected chi connectivity index (χ4v) is 2.06. The van der Waals surface area contributed by atoms with Crippen LogP contribution in [0.25, 0.3) is 0 Å². The van der Waals surface area contributed by atoms with Gasteiger partial charge >= 0.3 is 0 Å². The lowest BCUT2D eigenvalue weighted by Gasteiger charge is -2.10. The average Bonchev–Trinajstić information content (AvgIpc) is 2.54. The molecule has 0 bridgehead atoms. The average molecular weight is 303 g/mol. The molecule has 5 heteroatoms. The van der Waals surface area contributed by atoms with Gasteiger partial charge in [0.1, 0.15) is 5.82 Å². The molecule has 0 spiro atoms. The van der Waals surface area contributed by atoms with Crippen LogP contribution >= 0.6 is 0 Å². The zero-order chi connectivity index (χ0) is 16.1. The maximum atomic E-state index is 13.2. The molecule has 0 atom stereocenters. The summed E-state index contributed by atoms with van der Waals surface area (Å²) >= 11 is 0. The molecule has 0 saturated heterocycles. The molecular formula is C17H18FNO3. The first kappa shape index (κ1) is 15.8. The van der Waals surface area contributed by atoms with Crippen LogP contribution in [-0.4, -0.2) is 20.1 Å². The molecule has 0 aliphatic heterocycles. The molecule has 0 aromatic heterocycles. The molecule has 2 aromatic rings. The maximum Gasteiger partial charge on any atom is 0.251 e. The quantitative estimate of drug-likeness (QED) is 0.923. The molecule has 0 fully saturated rings. The third-order valence-corrected chi connectivity index (χ3v) is 3.32. The smallest absolute Gasteiger partial charge is 0.251 e. The third kappa shape index (κ3) is 3.55. The molecule has 0 unspecified atom stereocenters. The van der Waals surface area contributed by atoms with Crippen molar-refractivity contribution in [2.45, 2.75) is 13.5 Å². The molecule has 0 radical (unpaired) electrons. The summed E-state index contributed by atoms with van der Waals surface area (Å²) in [5.74, 6) is 0.660. The highest BCUT2D eigenvalue weighted by atomic mass is 19.1. The van der Waals surface area contributed by atoms with Crippen molar-refractivity contribution in [3.8, 4) is 11.5 Å². The van der Waals surface area contributed by atoms with Gasteiger partial charge in [-0.15, -0.1) is 0 Å². The molecule has 0 aliphatic rings. The van der Waals surface area contributed by atoms with Crippen molar-refractivity contribution < 1.29 is 18.7 Å². The Morgan fingerprint density at radius 1 is 1.09 bits per heavy atom. The number of halogens is 1. The summed E-state index contributed by atoms with van der Waals surface area (Å²) in [5, 5.41) is 2.79. The second kappa shape index (κ2) is 6.93. The monoisotopic (exact) mass is 303 g/mol. The fourth-order valence-electron chi connectivity index (χ4n) is 2.06. The van der Waals surface area contributed by atoms with Crippen LogP contribution in [0.4, 0.5) is 4.39 Å². The number of benzene rings is 2. The van der Waals surface area contributed by atoms with E-state index in [2.05, 4.69) is 5.32 Å². The van der Waals surface area contributed by atoms with Crippen LogP contribution in [-0.2, 0) is 6.54 Å². The molecule has 2 rings (SSSR count). The van der Waals surface area contributed by atoms with E-state index in [4.69, 9.17) is 9.47 Å². The van der Waals surface area contributed by atoms with Crippen LogP contribution in [0.2, 0.25) is 0 Å². The predicted molar refractivity (Wildman–Crippen MR) is 81.9 cm³/mol. The summed E-state index contributed by atoms with van der Waals surface area (Å²) in [6.07, 6.45) is 0. The molecule has 0 aliphatic carbocycles. The molecule has 4 nitrogen and oxygen atoms in total. The lowest BCUT2D eigenvalue weighted by Crippen LogP contribution is -2.22. The van der Waals surface area contributed by atoms with Gasteiger partial charge in [0.05, 0.1) is 14.2 Å². The van der Waals surface area contributed by atoms with Crippen molar-refractivity contribution in [2.24, 2.45) is 0 Å². The number of hydrogen-bond donors (Lipinski definition) is 1. The summed E-state index contributed by atoms with van der Waals surface area (Å²) in [5.41, 5.74) is 1.75. The van der Waals surface area contributed by atoms with Gasteiger partial charge in [0.25, 0.3) is 5.91 Å². The summed E-state index contributed by atoms with van der Waals surface area (Å²) in [6.45, 7) is 1.97. The minimum absolute atomic E-state index is 0.252. The van der Waals surface area contributed by atoms with Crippen molar-refractivity contribution in [2.75, 3.05) is 14.2 Å². The number of methoxy groups -OCH3 is 2. The molecule has 0 heterocycles. The van der Waals surface area contributed by atoms with Gasteiger partial charge in [0, 0.05) is 12.1 Å². The highest BCUT2D eigenvalue weighted by molar-refractivity contribution is 5.94. The standard InChI is InChI=1S/C17H18FNO3/c1-11-8-13(5-6-14(11)18)17(20)19-10-12-4-7-15(21-2)16(9-12)22-3/h4-9H,10H2,1-3H3,(H,19,20). The van der Waals surface area contributed by atoms with Crippen molar-refractivity contribution in [3.05, 3.63) is 58.9 Å². The second-order valence-corrected chi connectivity index (χ2v) is 4.84. The largest absolute Gasteiger partial charge is 0.493 e. The van der Waals surface area contributed by atoms with Gasteiger partial charge in [-0.05, 0) is 48.4 Å². The van der Waals surface area contributed by atoms with Crippen molar-refractivity contribution in [3.63, 3.8) is 0 Å². The Kier molecular flexibility index (Phi) is 4.99. The molecule has 1 amide bonds. The molecule has 116 valence electrons. The van der Waals surface area contributed by atoms with E-state index < -0.39 is 0 Å². The molecular weight excluding hydrogens is 285 g/mol. The lowest BCUT2D eigenvalue weighted by molar-refractivity contribution is 0.0950. The van der Waals surface area contributed by atoms with Gasteiger partial charge in [-0.2, -0.15) is 0 Å². The topological polar surface area (TPSA) is 47.6 Å². The molecule has 22 heavy (non-hydrogen) atoms. The number of rotatable bonds is 5. The highest BCUT2D eigenvalue weighted by Gasteiger charge is 2.09. The minimum atomic E-state index is -0.323. The summed E-state index contributed by atoms with van der Waals surface area (Å²) in [6, 6.07) is 9.71. The predicted octanol–water partition coefficient (Wildman–Crippen LogP) is 3.08. The van der Waals surface area contributed by atoms with Gasteiger partial charge in [-0.3, -0.25) is 4.79 Å². The zero-order valence-corrected chi connectivity index (χ0v) is 12.8. The normalized spacial score (nSPS) is 10.2. The Morgan fingerprint density at radius 3 is 2.45 bits per heavy atom. The zero-order valence-electron chi connectivity index (χ0n) is 12.8. The van der Waals surface area contributed by atoms with Crippen molar-refractivity contribution >= 4 is 5.91 Å². The van der Waals surface area contributed by atoms with E-state index in [1.165, 1.54) is 18.2 Å². The van der Waals surface area contributed by atoms with Gasteiger partial charge < -0.3 is 14.8 Å². The number of aryl methyl sites for hydroxylation is 1. The highest BCUT2D eigenvalue weighted by Crippen LogP contribution is 2.27. The summed E-state index contributed by atoms with van der Waals surface area (Å²) in [4.78, 5) is 12.1. The van der Waals surface area contributed by atoms with Crippen molar-refractivity contribution in [1.29, 1.82) is 0 Å². The molecule has 2 aromatic carbocycles. The minimum Gasteiger partial charge on any atom is -0.493 e. The van der Waals surface area contributed by atoms with Crippen LogP contribution in [0.3, 0.4) is 0 Å². The maximum absolute atomic E-state index is 13.2. The Hall–Kier alpha value is -2.56. The third-order valence-electron chi connectivity index (χ3n) is 3.32. The first-order valence-electron chi connectivity index (χ1n) is 6.80. The second-order valence-electron chi connectivity index (χ2n) is 4.84. The fraction of sp³-hybridized carbons (Fsp3) is 0.235. The van der Waals surface area contributed by atoms with Gasteiger partial charge in [0.2, 0.25) is 0 Å². The first-order valence-corrected chi connectivity index (χ1v) is 6.80. The number of hydrogen-bond acceptors (Lipinski definition) is 3. The van der Waals surface area contributed by atoms with Crippen LogP contribution in [0, 0.1) is 12.7 Å². The van der Waals surface area contributed by atoms with Crippen LogP contribution in [0.1, 0.15) is 21.5 Å². The Bertz CT molecular complexity index is 686. The summed E-state index contributed by atoms with van der Waals surface area (Å²) < 4.78 is 23.6. The Labute approximate surface area is 128 Å². The molecule has 0 saturated carbocycles. The van der Waals surface area contributed by atoms with Gasteiger partial charge in [-0.25, -0.2) is 4.39 Å². The van der Waals surface area contributed by atoms with Crippen LogP contribution in [0.15, 0.2) is 36.4 Å². The van der Waals surface area contributed by atoms with E-state index in [9.17, 15) is 9.18 Å². The van der Waals surface area contributed by atoms with Crippen LogP contribution in [0.5, 0.6) is 11.5 Å². The Morgan fingerprint density at radius 2 is 1.82 bits per heavy atom. The van der Waals surface area contributed by atoms with E-state index in [1.54, 1.807) is 33.3 Å². The van der Waals surface area contributed by atoms with E-state index in [-0.39, 0.29) is 11.7 Å². The first-order chi connectivity index (χ1) is 10.5. The number of carbonyl (C=O) groups excluding carboxylic acids is 1. The Balaban J connectivity index is 2.06. The van der Waals surface area contributed by atoms with Crippen LogP contribution < -0.4 is 14.8 Å². The summed E-state index contributed by atoms with van der Waals surface area (Å²) in [7, 11) is 3.12. The SMILES string of the molecule is COc1ccc(CNC(=O)c2ccc(F)c(C)c2)cc1OC.